The van der Waals surface area contributed by atoms with E-state index in [1.54, 1.807) is 7.11 Å². The molecule has 0 aromatic heterocycles. The van der Waals surface area contributed by atoms with Crippen molar-refractivity contribution in [2.45, 2.75) is 32.1 Å². The summed E-state index contributed by atoms with van der Waals surface area (Å²) in [4.78, 5) is 18.9. The highest BCUT2D eigenvalue weighted by Crippen LogP contribution is 2.32. The van der Waals surface area contributed by atoms with Gasteiger partial charge in [0.05, 0.1) is 26.4 Å². The number of nitrogens with one attached hydrogen (secondary N) is 2. The minimum atomic E-state index is 0. The van der Waals surface area contributed by atoms with Crippen molar-refractivity contribution in [3.63, 3.8) is 0 Å². The number of aliphatic imine (C=N–C) groups is 1. The standard InChI is InChI=1S/C23H36N4O5.HI/c1-29-16-17-30-13-4-9-24-23(25-10-8-22(28)27-11-2-3-12-27)26-19-6-7-20-21(18-19)32-15-5-14-31-20;/h6-7,18H,2-5,8-17H2,1H3,(H2,24,25,26);1H. The number of halogens is 1. The molecule has 2 aliphatic rings. The summed E-state index contributed by atoms with van der Waals surface area (Å²) >= 11 is 0. The average Bonchev–Trinajstić information content (AvgIpc) is 3.24. The van der Waals surface area contributed by atoms with Crippen molar-refractivity contribution >= 4 is 41.5 Å². The van der Waals surface area contributed by atoms with Gasteiger partial charge in [-0.3, -0.25) is 9.79 Å². The van der Waals surface area contributed by atoms with Crippen molar-refractivity contribution in [3.8, 4) is 11.5 Å². The molecule has 1 amide bonds. The molecular weight excluding hydrogens is 539 g/mol. The topological polar surface area (TPSA) is 93.7 Å². The first kappa shape index (κ1) is 27.5. The minimum Gasteiger partial charge on any atom is -0.490 e. The number of hydrogen-bond donors (Lipinski definition) is 2. The lowest BCUT2D eigenvalue weighted by Crippen LogP contribution is -2.35. The van der Waals surface area contributed by atoms with E-state index in [4.69, 9.17) is 18.9 Å². The molecule has 0 bridgehead atoms. The summed E-state index contributed by atoms with van der Waals surface area (Å²) in [5, 5.41) is 6.61. The van der Waals surface area contributed by atoms with E-state index in [0.717, 1.165) is 56.0 Å². The van der Waals surface area contributed by atoms with Crippen LogP contribution in [0.2, 0.25) is 0 Å². The number of anilines is 1. The van der Waals surface area contributed by atoms with Crippen LogP contribution < -0.4 is 20.1 Å². The number of carbonyl (C=O) groups is 1. The van der Waals surface area contributed by atoms with E-state index in [1.807, 2.05) is 23.1 Å². The Hall–Kier alpha value is -1.79. The van der Waals surface area contributed by atoms with Crippen molar-refractivity contribution in [1.29, 1.82) is 0 Å². The van der Waals surface area contributed by atoms with Gasteiger partial charge in [0.15, 0.2) is 17.5 Å². The predicted molar refractivity (Wildman–Crippen MR) is 139 cm³/mol. The molecule has 0 radical (unpaired) electrons. The van der Waals surface area contributed by atoms with E-state index in [0.29, 0.717) is 58.5 Å². The number of rotatable bonds is 11. The van der Waals surface area contributed by atoms with E-state index in [9.17, 15) is 4.79 Å². The van der Waals surface area contributed by atoms with Gasteiger partial charge in [-0.15, -0.1) is 24.0 Å². The molecule has 1 fully saturated rings. The average molecular weight is 576 g/mol. The highest BCUT2D eigenvalue weighted by atomic mass is 127. The van der Waals surface area contributed by atoms with Crippen LogP contribution in [0.5, 0.6) is 11.5 Å². The summed E-state index contributed by atoms with van der Waals surface area (Å²) in [6.45, 7) is 5.96. The predicted octanol–water partition coefficient (Wildman–Crippen LogP) is 2.89. The number of benzene rings is 1. The molecule has 3 rings (SSSR count). The summed E-state index contributed by atoms with van der Waals surface area (Å²) < 4.78 is 22.0. The second-order valence-corrected chi connectivity index (χ2v) is 7.79. The van der Waals surface area contributed by atoms with Gasteiger partial charge in [0, 0.05) is 64.5 Å². The van der Waals surface area contributed by atoms with E-state index in [1.165, 1.54) is 0 Å². The van der Waals surface area contributed by atoms with Gasteiger partial charge in [0.25, 0.3) is 0 Å². The lowest BCUT2D eigenvalue weighted by molar-refractivity contribution is -0.129. The minimum absolute atomic E-state index is 0. The Labute approximate surface area is 213 Å². The first-order valence-corrected chi connectivity index (χ1v) is 11.6. The molecule has 0 saturated carbocycles. The first-order valence-electron chi connectivity index (χ1n) is 11.6. The first-order chi connectivity index (χ1) is 15.8. The number of carbonyl (C=O) groups excluding carboxylic acids is 1. The van der Waals surface area contributed by atoms with Crippen molar-refractivity contribution in [2.24, 2.45) is 4.99 Å². The molecule has 33 heavy (non-hydrogen) atoms. The van der Waals surface area contributed by atoms with Gasteiger partial charge in [-0.05, 0) is 31.4 Å². The second kappa shape index (κ2) is 15.9. The Balaban J connectivity index is 0.00000385. The van der Waals surface area contributed by atoms with Crippen LogP contribution >= 0.6 is 24.0 Å². The lowest BCUT2D eigenvalue weighted by Gasteiger charge is -2.17. The zero-order valence-corrected chi connectivity index (χ0v) is 21.8. The molecule has 9 nitrogen and oxygen atoms in total. The summed E-state index contributed by atoms with van der Waals surface area (Å²) in [7, 11) is 1.66. The maximum absolute atomic E-state index is 12.3. The van der Waals surface area contributed by atoms with Crippen LogP contribution in [0.3, 0.4) is 0 Å². The van der Waals surface area contributed by atoms with Crippen LogP contribution in [0.25, 0.3) is 0 Å². The molecule has 2 aliphatic heterocycles. The van der Waals surface area contributed by atoms with Gasteiger partial charge >= 0.3 is 0 Å². The number of hydrogen-bond acceptors (Lipinski definition) is 6. The third-order valence-electron chi connectivity index (χ3n) is 5.25. The lowest BCUT2D eigenvalue weighted by atomic mass is 10.2. The molecule has 0 unspecified atom stereocenters. The highest BCUT2D eigenvalue weighted by molar-refractivity contribution is 14.0. The third kappa shape index (κ3) is 9.93. The van der Waals surface area contributed by atoms with Gasteiger partial charge in [0.1, 0.15) is 0 Å². The molecule has 1 aromatic carbocycles. The van der Waals surface area contributed by atoms with E-state index < -0.39 is 0 Å². The monoisotopic (exact) mass is 576 g/mol. The van der Waals surface area contributed by atoms with Crippen molar-refractivity contribution in [2.75, 3.05) is 71.6 Å². The van der Waals surface area contributed by atoms with Crippen LogP contribution in [0, 0.1) is 0 Å². The van der Waals surface area contributed by atoms with Crippen LogP contribution in [0.1, 0.15) is 32.1 Å². The molecule has 186 valence electrons. The summed E-state index contributed by atoms with van der Waals surface area (Å²) in [6, 6.07) is 5.76. The molecule has 2 heterocycles. The summed E-state index contributed by atoms with van der Waals surface area (Å²) in [5.74, 6) is 2.30. The number of fused-ring (bicyclic) bond motifs is 1. The number of amides is 1. The molecule has 0 atom stereocenters. The quantitative estimate of drug-likeness (QED) is 0.181. The van der Waals surface area contributed by atoms with Crippen LogP contribution in [0.4, 0.5) is 5.69 Å². The molecular formula is C23H37IN4O5. The second-order valence-electron chi connectivity index (χ2n) is 7.79. The van der Waals surface area contributed by atoms with Gasteiger partial charge in [-0.2, -0.15) is 0 Å². The Bertz CT molecular complexity index is 744. The largest absolute Gasteiger partial charge is 0.490 e. The van der Waals surface area contributed by atoms with Gasteiger partial charge in [0.2, 0.25) is 5.91 Å². The number of methoxy groups -OCH3 is 1. The number of ether oxygens (including phenoxy) is 4. The zero-order chi connectivity index (χ0) is 22.4. The van der Waals surface area contributed by atoms with E-state index in [2.05, 4.69) is 15.6 Å². The van der Waals surface area contributed by atoms with Crippen LogP contribution in [-0.4, -0.2) is 83.1 Å². The number of nitrogens with zero attached hydrogens (tertiary/aromatic N) is 2. The molecule has 1 saturated heterocycles. The smallest absolute Gasteiger partial charge is 0.224 e. The Morgan fingerprint density at radius 3 is 2.67 bits per heavy atom. The van der Waals surface area contributed by atoms with E-state index >= 15 is 0 Å². The van der Waals surface area contributed by atoms with Crippen LogP contribution in [0.15, 0.2) is 23.2 Å². The van der Waals surface area contributed by atoms with Gasteiger partial charge in [-0.25, -0.2) is 0 Å². The number of likely N-dealkylation sites (tertiary alicyclic amines) is 1. The summed E-state index contributed by atoms with van der Waals surface area (Å²) in [5.41, 5.74) is 0.850. The number of guanidine groups is 1. The van der Waals surface area contributed by atoms with Crippen molar-refractivity contribution in [1.82, 2.24) is 10.2 Å². The maximum atomic E-state index is 12.3. The fourth-order valence-corrected chi connectivity index (χ4v) is 3.53. The fraction of sp³-hybridized carbons (Fsp3) is 0.652. The van der Waals surface area contributed by atoms with Crippen molar-refractivity contribution in [3.05, 3.63) is 18.2 Å². The SMILES string of the molecule is COCCOCCCN=C(NCCC(=O)N1CCCC1)Nc1ccc2c(c1)OCCCO2.I. The normalized spacial score (nSPS) is 15.5. The molecule has 0 spiro atoms. The van der Waals surface area contributed by atoms with Crippen LogP contribution in [-0.2, 0) is 14.3 Å². The van der Waals surface area contributed by atoms with Gasteiger partial charge < -0.3 is 34.5 Å². The highest BCUT2D eigenvalue weighted by Gasteiger charge is 2.17. The van der Waals surface area contributed by atoms with E-state index in [-0.39, 0.29) is 29.9 Å². The zero-order valence-electron chi connectivity index (χ0n) is 19.5. The molecule has 2 N–H and O–H groups in total. The van der Waals surface area contributed by atoms with Gasteiger partial charge in [-0.1, -0.05) is 0 Å². The fourth-order valence-electron chi connectivity index (χ4n) is 3.53. The molecule has 0 aliphatic carbocycles. The summed E-state index contributed by atoms with van der Waals surface area (Å²) in [6.07, 6.45) is 4.31. The third-order valence-corrected chi connectivity index (χ3v) is 5.25. The Morgan fingerprint density at radius 2 is 1.88 bits per heavy atom. The molecule has 10 heteroatoms. The van der Waals surface area contributed by atoms with Crippen molar-refractivity contribution < 1.29 is 23.7 Å². The Morgan fingerprint density at radius 1 is 1.09 bits per heavy atom. The molecule has 1 aromatic rings. The maximum Gasteiger partial charge on any atom is 0.224 e. The Kier molecular flexibility index (Phi) is 13.3.